The maximum absolute atomic E-state index is 12.2. The molecule has 0 fully saturated rings. The van der Waals surface area contributed by atoms with Crippen LogP contribution in [0.4, 0.5) is 5.82 Å². The molecule has 26 heavy (non-hydrogen) atoms. The van der Waals surface area contributed by atoms with Crippen molar-refractivity contribution in [3.8, 4) is 11.8 Å². The zero-order chi connectivity index (χ0) is 18.8. The van der Waals surface area contributed by atoms with Gasteiger partial charge >= 0.3 is 5.69 Å². The van der Waals surface area contributed by atoms with Crippen molar-refractivity contribution in [2.24, 2.45) is 14.1 Å². The minimum absolute atomic E-state index is 0.0991. The highest BCUT2D eigenvalue weighted by Gasteiger charge is 2.19. The topological polar surface area (TPSA) is 97.6 Å². The summed E-state index contributed by atoms with van der Waals surface area (Å²) in [6, 6.07) is 11.1. The maximum atomic E-state index is 12.2. The van der Waals surface area contributed by atoms with E-state index in [4.69, 9.17) is 0 Å². The number of rotatable bonds is 4. The average Bonchev–Trinajstić information content (AvgIpc) is 3.19. The van der Waals surface area contributed by atoms with Gasteiger partial charge in [0, 0.05) is 26.5 Å². The van der Waals surface area contributed by atoms with E-state index in [0.29, 0.717) is 0 Å². The van der Waals surface area contributed by atoms with Gasteiger partial charge in [-0.3, -0.25) is 13.9 Å². The van der Waals surface area contributed by atoms with Crippen LogP contribution >= 0.6 is 0 Å². The third-order valence-electron chi connectivity index (χ3n) is 4.28. The molecule has 0 saturated carbocycles. The Labute approximate surface area is 149 Å². The Morgan fingerprint density at radius 2 is 1.88 bits per heavy atom. The smallest absolute Gasteiger partial charge is 0.332 e. The highest BCUT2D eigenvalue weighted by Crippen LogP contribution is 2.24. The Bertz CT molecular complexity index is 1100. The first-order valence-corrected chi connectivity index (χ1v) is 8.01. The van der Waals surface area contributed by atoms with Crippen molar-refractivity contribution in [2.45, 2.75) is 13.0 Å². The molecule has 2 heterocycles. The van der Waals surface area contributed by atoms with Crippen molar-refractivity contribution < 1.29 is 0 Å². The Hall–Kier alpha value is -3.60. The fourth-order valence-corrected chi connectivity index (χ4v) is 2.87. The first-order valence-electron chi connectivity index (χ1n) is 8.01. The molecule has 132 valence electrons. The number of nitriles is 1. The minimum Gasteiger partial charge on any atom is -0.363 e. The molecule has 0 spiro atoms. The van der Waals surface area contributed by atoms with Gasteiger partial charge in [-0.15, -0.1) is 0 Å². The first-order chi connectivity index (χ1) is 12.5. The molecule has 1 N–H and O–H groups in total. The van der Waals surface area contributed by atoms with Crippen molar-refractivity contribution in [1.82, 2.24) is 18.9 Å². The van der Waals surface area contributed by atoms with Crippen LogP contribution in [-0.2, 0) is 14.1 Å². The van der Waals surface area contributed by atoms with E-state index in [9.17, 15) is 14.9 Å². The number of benzene rings is 1. The lowest BCUT2D eigenvalue weighted by Crippen LogP contribution is -2.40. The van der Waals surface area contributed by atoms with Gasteiger partial charge in [-0.2, -0.15) is 10.4 Å². The molecule has 0 aliphatic carbocycles. The quantitative estimate of drug-likeness (QED) is 0.765. The van der Waals surface area contributed by atoms with Gasteiger partial charge in [-0.25, -0.2) is 9.48 Å². The molecule has 0 aliphatic heterocycles. The van der Waals surface area contributed by atoms with E-state index in [1.807, 2.05) is 49.5 Å². The molecule has 1 unspecified atom stereocenters. The summed E-state index contributed by atoms with van der Waals surface area (Å²) in [5, 5.41) is 16.8. The number of nitrogens with zero attached hydrogens (tertiary/aromatic N) is 5. The zero-order valence-corrected chi connectivity index (χ0v) is 14.7. The Balaban J connectivity index is 2.09. The van der Waals surface area contributed by atoms with Crippen LogP contribution in [0.25, 0.3) is 5.69 Å². The molecule has 1 atom stereocenters. The van der Waals surface area contributed by atoms with Gasteiger partial charge in [0.1, 0.15) is 11.9 Å². The molecule has 8 heteroatoms. The molecule has 0 saturated heterocycles. The number of hydrogen-bond donors (Lipinski definition) is 1. The molecule has 1 aromatic carbocycles. The minimum atomic E-state index is -0.620. The second-order valence-electron chi connectivity index (χ2n) is 5.92. The van der Waals surface area contributed by atoms with Crippen molar-refractivity contribution in [1.29, 1.82) is 5.26 Å². The summed E-state index contributed by atoms with van der Waals surface area (Å²) in [5.41, 5.74) is 0.561. The van der Waals surface area contributed by atoms with Crippen LogP contribution in [0.15, 0.2) is 52.3 Å². The molecular weight excluding hydrogens is 332 g/mol. The molecule has 2 aromatic heterocycles. The van der Waals surface area contributed by atoms with Gasteiger partial charge in [0.25, 0.3) is 5.56 Å². The van der Waals surface area contributed by atoms with E-state index in [0.717, 1.165) is 15.8 Å². The molecule has 0 radical (unpaired) electrons. The van der Waals surface area contributed by atoms with Gasteiger partial charge in [-0.1, -0.05) is 18.2 Å². The van der Waals surface area contributed by atoms with Crippen LogP contribution < -0.4 is 16.6 Å². The van der Waals surface area contributed by atoms with Crippen LogP contribution in [0, 0.1) is 11.3 Å². The van der Waals surface area contributed by atoms with E-state index in [1.54, 1.807) is 10.9 Å². The lowest BCUT2D eigenvalue weighted by atomic mass is 10.1. The summed E-state index contributed by atoms with van der Waals surface area (Å²) in [6.07, 6.45) is 3.52. The number of nitrogens with one attached hydrogen (secondary N) is 1. The number of para-hydroxylation sites is 1. The first kappa shape index (κ1) is 17.2. The van der Waals surface area contributed by atoms with Gasteiger partial charge < -0.3 is 5.32 Å². The zero-order valence-electron chi connectivity index (χ0n) is 14.7. The highest BCUT2D eigenvalue weighted by atomic mass is 16.2. The van der Waals surface area contributed by atoms with Gasteiger partial charge in [0.15, 0.2) is 5.56 Å². The normalized spacial score (nSPS) is 11.8. The summed E-state index contributed by atoms with van der Waals surface area (Å²) in [7, 11) is 2.88. The molecule has 3 rings (SSSR count). The summed E-state index contributed by atoms with van der Waals surface area (Å²) >= 11 is 0. The number of hydrogen-bond acceptors (Lipinski definition) is 5. The predicted molar refractivity (Wildman–Crippen MR) is 97.2 cm³/mol. The Kier molecular flexibility index (Phi) is 4.45. The molecular formula is C18H18N6O2. The standard InChI is InChI=1S/C18H18N6O2/c1-12(13-7-4-5-8-15(13)24-10-6-9-20-24)21-16-14(11-19)17(25)23(3)18(26)22(16)2/h4-10,12,21H,1-3H3. The number of anilines is 1. The van der Waals surface area contributed by atoms with Crippen LogP contribution in [0.1, 0.15) is 24.1 Å². The van der Waals surface area contributed by atoms with Crippen LogP contribution in [0.3, 0.4) is 0 Å². The van der Waals surface area contributed by atoms with E-state index in [1.165, 1.54) is 18.7 Å². The van der Waals surface area contributed by atoms with Crippen LogP contribution in [0.5, 0.6) is 0 Å². The summed E-state index contributed by atoms with van der Waals surface area (Å²) in [4.78, 5) is 24.5. The third-order valence-corrected chi connectivity index (χ3v) is 4.28. The monoisotopic (exact) mass is 350 g/mol. The predicted octanol–water partition coefficient (Wildman–Crippen LogP) is 1.31. The lowest BCUT2D eigenvalue weighted by molar-refractivity contribution is 0.677. The maximum Gasteiger partial charge on any atom is 0.332 e. The van der Waals surface area contributed by atoms with Crippen LogP contribution in [0.2, 0.25) is 0 Å². The summed E-state index contributed by atoms with van der Waals surface area (Å²) in [5.74, 6) is 0.198. The number of aromatic nitrogens is 4. The lowest BCUT2D eigenvalue weighted by Gasteiger charge is -2.21. The van der Waals surface area contributed by atoms with E-state index in [-0.39, 0.29) is 17.4 Å². The summed E-state index contributed by atoms with van der Waals surface area (Å²) < 4.78 is 3.93. The van der Waals surface area contributed by atoms with Gasteiger partial charge in [0.2, 0.25) is 0 Å². The molecule has 8 nitrogen and oxygen atoms in total. The van der Waals surface area contributed by atoms with Crippen LogP contribution in [-0.4, -0.2) is 18.9 Å². The fraction of sp³-hybridized carbons (Fsp3) is 0.222. The second-order valence-corrected chi connectivity index (χ2v) is 5.92. The molecule has 0 aliphatic rings. The van der Waals surface area contributed by atoms with Crippen molar-refractivity contribution >= 4 is 5.82 Å². The van der Waals surface area contributed by atoms with Crippen molar-refractivity contribution in [2.75, 3.05) is 5.32 Å². The largest absolute Gasteiger partial charge is 0.363 e. The van der Waals surface area contributed by atoms with E-state index < -0.39 is 11.2 Å². The summed E-state index contributed by atoms with van der Waals surface area (Å²) in [6.45, 7) is 1.89. The van der Waals surface area contributed by atoms with E-state index in [2.05, 4.69) is 10.4 Å². The molecule has 3 aromatic rings. The van der Waals surface area contributed by atoms with Crippen molar-refractivity contribution in [3.63, 3.8) is 0 Å². The van der Waals surface area contributed by atoms with Crippen molar-refractivity contribution in [3.05, 3.63) is 74.7 Å². The molecule has 0 amide bonds. The van der Waals surface area contributed by atoms with Gasteiger partial charge in [0.05, 0.1) is 11.7 Å². The Morgan fingerprint density at radius 1 is 1.15 bits per heavy atom. The average molecular weight is 350 g/mol. The molecule has 0 bridgehead atoms. The van der Waals surface area contributed by atoms with E-state index >= 15 is 0 Å². The van der Waals surface area contributed by atoms with Gasteiger partial charge in [-0.05, 0) is 24.6 Å². The fourth-order valence-electron chi connectivity index (χ4n) is 2.87. The Morgan fingerprint density at radius 3 is 2.54 bits per heavy atom. The third kappa shape index (κ3) is 2.80. The second kappa shape index (κ2) is 6.72. The highest BCUT2D eigenvalue weighted by molar-refractivity contribution is 5.54. The SMILES string of the molecule is CC(Nc1c(C#N)c(=O)n(C)c(=O)n1C)c1ccccc1-n1cccn1.